The molecule has 1 aromatic rings. The smallest absolute Gasteiger partial charge is 0.240 e. The fourth-order valence-corrected chi connectivity index (χ4v) is 3.36. The minimum Gasteiger partial charge on any atom is -0.494 e. The van der Waals surface area contributed by atoms with Gasteiger partial charge in [0.25, 0.3) is 0 Å². The van der Waals surface area contributed by atoms with E-state index in [1.807, 2.05) is 6.92 Å². The van der Waals surface area contributed by atoms with E-state index in [2.05, 4.69) is 10.0 Å². The number of halogens is 1. The number of hydrogen-bond donors (Lipinski definition) is 2. The molecule has 7 nitrogen and oxygen atoms in total. The molecule has 1 amide bonds. The van der Waals surface area contributed by atoms with Crippen LogP contribution in [-0.2, 0) is 14.8 Å². The summed E-state index contributed by atoms with van der Waals surface area (Å²) in [6.45, 7) is 5.39. The molecule has 24 heavy (non-hydrogen) atoms. The van der Waals surface area contributed by atoms with Gasteiger partial charge in [0.1, 0.15) is 5.75 Å². The van der Waals surface area contributed by atoms with Gasteiger partial charge in [-0.05, 0) is 31.2 Å². The SMILES string of the molecule is CCOc1ccc(S(=O)(=O)NCCC(=O)N2CCNCC2)cc1.Cl. The summed E-state index contributed by atoms with van der Waals surface area (Å²) in [5, 5.41) is 3.17. The first-order chi connectivity index (χ1) is 11.0. The second-order valence-corrected chi connectivity index (χ2v) is 6.95. The molecule has 1 fully saturated rings. The van der Waals surface area contributed by atoms with Gasteiger partial charge in [-0.2, -0.15) is 0 Å². The van der Waals surface area contributed by atoms with E-state index in [0.29, 0.717) is 25.4 Å². The molecule has 0 bridgehead atoms. The molecule has 9 heteroatoms. The van der Waals surface area contributed by atoms with E-state index in [1.54, 1.807) is 17.0 Å². The molecule has 1 heterocycles. The Morgan fingerprint density at radius 3 is 2.46 bits per heavy atom. The van der Waals surface area contributed by atoms with Gasteiger partial charge < -0.3 is 15.0 Å². The van der Waals surface area contributed by atoms with Gasteiger partial charge in [-0.25, -0.2) is 13.1 Å². The molecule has 0 unspecified atom stereocenters. The van der Waals surface area contributed by atoms with Gasteiger partial charge in [-0.3, -0.25) is 4.79 Å². The molecule has 0 atom stereocenters. The lowest BCUT2D eigenvalue weighted by Crippen LogP contribution is -2.47. The van der Waals surface area contributed by atoms with Crippen molar-refractivity contribution in [2.24, 2.45) is 0 Å². The molecule has 136 valence electrons. The number of amides is 1. The van der Waals surface area contributed by atoms with Crippen LogP contribution in [0.25, 0.3) is 0 Å². The number of rotatable bonds is 7. The molecule has 0 aromatic heterocycles. The molecule has 0 spiro atoms. The van der Waals surface area contributed by atoms with Gasteiger partial charge in [0.15, 0.2) is 0 Å². The highest BCUT2D eigenvalue weighted by Crippen LogP contribution is 2.15. The molecule has 1 aliphatic heterocycles. The zero-order valence-electron chi connectivity index (χ0n) is 13.7. The molecule has 1 saturated heterocycles. The Labute approximate surface area is 149 Å². The maximum atomic E-state index is 12.2. The lowest BCUT2D eigenvalue weighted by Gasteiger charge is -2.27. The van der Waals surface area contributed by atoms with E-state index in [1.165, 1.54) is 12.1 Å². The van der Waals surface area contributed by atoms with E-state index in [4.69, 9.17) is 4.74 Å². The summed E-state index contributed by atoms with van der Waals surface area (Å²) in [6.07, 6.45) is 0.163. The Balaban J connectivity index is 0.00000288. The van der Waals surface area contributed by atoms with Crippen LogP contribution in [0, 0.1) is 0 Å². The van der Waals surface area contributed by atoms with Crippen molar-refractivity contribution in [2.75, 3.05) is 39.3 Å². The van der Waals surface area contributed by atoms with E-state index < -0.39 is 10.0 Å². The van der Waals surface area contributed by atoms with Gasteiger partial charge in [-0.15, -0.1) is 12.4 Å². The van der Waals surface area contributed by atoms with Crippen molar-refractivity contribution in [2.45, 2.75) is 18.2 Å². The highest BCUT2D eigenvalue weighted by Gasteiger charge is 2.18. The predicted octanol–water partition coefficient (Wildman–Crippen LogP) is 0.607. The Kier molecular flexibility index (Phi) is 8.47. The summed E-state index contributed by atoms with van der Waals surface area (Å²) < 4.78 is 32.1. The number of carbonyl (C=O) groups excluding carboxylic acids is 1. The molecule has 1 aliphatic rings. The first-order valence-corrected chi connectivity index (χ1v) is 9.22. The van der Waals surface area contributed by atoms with Gasteiger partial charge in [0.05, 0.1) is 11.5 Å². The number of nitrogens with zero attached hydrogens (tertiary/aromatic N) is 1. The lowest BCUT2D eigenvalue weighted by molar-refractivity contribution is -0.131. The monoisotopic (exact) mass is 377 g/mol. The van der Waals surface area contributed by atoms with Crippen LogP contribution in [-0.4, -0.2) is 58.6 Å². The zero-order chi connectivity index (χ0) is 16.7. The van der Waals surface area contributed by atoms with Crippen LogP contribution in [0.3, 0.4) is 0 Å². The van der Waals surface area contributed by atoms with Crippen molar-refractivity contribution < 1.29 is 17.9 Å². The van der Waals surface area contributed by atoms with Crippen molar-refractivity contribution in [1.29, 1.82) is 0 Å². The van der Waals surface area contributed by atoms with Crippen LogP contribution in [0.2, 0.25) is 0 Å². The largest absolute Gasteiger partial charge is 0.494 e. The number of carbonyl (C=O) groups is 1. The summed E-state index contributed by atoms with van der Waals surface area (Å²) in [6, 6.07) is 6.21. The summed E-state index contributed by atoms with van der Waals surface area (Å²) >= 11 is 0. The highest BCUT2D eigenvalue weighted by atomic mass is 35.5. The van der Waals surface area contributed by atoms with Gasteiger partial charge >= 0.3 is 0 Å². The fraction of sp³-hybridized carbons (Fsp3) is 0.533. The van der Waals surface area contributed by atoms with Crippen molar-refractivity contribution in [1.82, 2.24) is 14.9 Å². The molecule has 1 aromatic carbocycles. The Hall–Kier alpha value is -1.35. The Morgan fingerprint density at radius 1 is 1.25 bits per heavy atom. The third-order valence-electron chi connectivity index (χ3n) is 3.55. The quantitative estimate of drug-likeness (QED) is 0.726. The fourth-order valence-electron chi connectivity index (χ4n) is 2.33. The van der Waals surface area contributed by atoms with E-state index >= 15 is 0 Å². The number of piperazine rings is 1. The minimum absolute atomic E-state index is 0. The summed E-state index contributed by atoms with van der Waals surface area (Å²) in [5.74, 6) is 0.598. The first kappa shape index (κ1) is 20.7. The average molecular weight is 378 g/mol. The number of ether oxygens (including phenoxy) is 1. The van der Waals surface area contributed by atoms with E-state index in [9.17, 15) is 13.2 Å². The zero-order valence-corrected chi connectivity index (χ0v) is 15.3. The van der Waals surface area contributed by atoms with Crippen molar-refractivity contribution in [3.8, 4) is 5.75 Å². The van der Waals surface area contributed by atoms with Crippen LogP contribution in [0.15, 0.2) is 29.2 Å². The molecule has 0 saturated carbocycles. The van der Waals surface area contributed by atoms with Gasteiger partial charge in [0.2, 0.25) is 15.9 Å². The third-order valence-corrected chi connectivity index (χ3v) is 5.02. The highest BCUT2D eigenvalue weighted by molar-refractivity contribution is 7.89. The molecular formula is C15H24ClN3O4S. The van der Waals surface area contributed by atoms with Crippen molar-refractivity contribution in [3.63, 3.8) is 0 Å². The first-order valence-electron chi connectivity index (χ1n) is 7.74. The van der Waals surface area contributed by atoms with Crippen LogP contribution in [0.1, 0.15) is 13.3 Å². The van der Waals surface area contributed by atoms with Crippen LogP contribution in [0.5, 0.6) is 5.75 Å². The summed E-state index contributed by atoms with van der Waals surface area (Å²) in [4.78, 5) is 13.9. The average Bonchev–Trinajstić information content (AvgIpc) is 2.56. The van der Waals surface area contributed by atoms with Crippen LogP contribution < -0.4 is 14.8 Å². The molecule has 2 N–H and O–H groups in total. The molecule has 2 rings (SSSR count). The molecule has 0 radical (unpaired) electrons. The van der Waals surface area contributed by atoms with Gasteiger partial charge in [0, 0.05) is 39.1 Å². The van der Waals surface area contributed by atoms with E-state index in [-0.39, 0.29) is 36.2 Å². The Morgan fingerprint density at radius 2 is 1.88 bits per heavy atom. The normalized spacial score (nSPS) is 14.8. The summed E-state index contributed by atoms with van der Waals surface area (Å²) in [7, 11) is -3.61. The van der Waals surface area contributed by atoms with Crippen molar-refractivity contribution in [3.05, 3.63) is 24.3 Å². The molecular weight excluding hydrogens is 354 g/mol. The number of sulfonamides is 1. The second-order valence-electron chi connectivity index (χ2n) is 5.18. The lowest BCUT2D eigenvalue weighted by atomic mass is 10.3. The topological polar surface area (TPSA) is 87.7 Å². The number of nitrogens with one attached hydrogen (secondary N) is 2. The molecule has 0 aliphatic carbocycles. The maximum Gasteiger partial charge on any atom is 0.240 e. The maximum absolute atomic E-state index is 12.2. The number of hydrogen-bond acceptors (Lipinski definition) is 5. The Bertz CT molecular complexity index is 616. The minimum atomic E-state index is -3.61. The number of benzene rings is 1. The second kappa shape index (κ2) is 9.83. The third kappa shape index (κ3) is 5.94. The van der Waals surface area contributed by atoms with Crippen LogP contribution in [0.4, 0.5) is 0 Å². The van der Waals surface area contributed by atoms with E-state index in [0.717, 1.165) is 13.1 Å². The van der Waals surface area contributed by atoms with Crippen molar-refractivity contribution >= 4 is 28.3 Å². The predicted molar refractivity (Wildman–Crippen MR) is 94.1 cm³/mol. The van der Waals surface area contributed by atoms with Crippen LogP contribution >= 0.6 is 12.4 Å². The summed E-state index contributed by atoms with van der Waals surface area (Å²) in [5.41, 5.74) is 0. The van der Waals surface area contributed by atoms with Gasteiger partial charge in [-0.1, -0.05) is 0 Å². The standard InChI is InChI=1S/C15H23N3O4S.ClH/c1-2-22-13-3-5-14(6-4-13)23(20,21)17-8-7-15(19)18-11-9-16-10-12-18;/h3-6,16-17H,2,7-12H2,1H3;1H.